The first-order valence-corrected chi connectivity index (χ1v) is 14.4. The van der Waals surface area contributed by atoms with Gasteiger partial charge >= 0.3 is 5.97 Å². The third-order valence-electron chi connectivity index (χ3n) is 6.48. The molecule has 1 amide bonds. The lowest BCUT2D eigenvalue weighted by molar-refractivity contribution is -0.368. The first-order valence-electron chi connectivity index (χ1n) is 14.4. The quantitative estimate of drug-likeness (QED) is 0.130. The van der Waals surface area contributed by atoms with Crippen molar-refractivity contribution in [2.24, 2.45) is 0 Å². The number of esters is 1. The van der Waals surface area contributed by atoms with E-state index in [1.54, 1.807) is 0 Å². The highest BCUT2D eigenvalue weighted by atomic mass is 16.5. The molecular formula is C28H57N2O3+. The van der Waals surface area contributed by atoms with Crippen molar-refractivity contribution in [2.45, 2.75) is 149 Å². The van der Waals surface area contributed by atoms with Crippen molar-refractivity contribution in [3.8, 4) is 0 Å². The number of carbonyl (C=O) groups is 2. The Bertz CT molecular complexity index is 456. The van der Waals surface area contributed by atoms with Crippen molar-refractivity contribution in [1.29, 1.82) is 0 Å². The van der Waals surface area contributed by atoms with E-state index in [1.807, 2.05) is 11.8 Å². The molecule has 0 fully saturated rings. The Labute approximate surface area is 205 Å². The van der Waals surface area contributed by atoms with E-state index in [4.69, 9.17) is 4.74 Å². The molecule has 0 saturated carbocycles. The van der Waals surface area contributed by atoms with E-state index in [2.05, 4.69) is 19.6 Å². The average Bonchev–Trinajstić information content (AvgIpc) is 2.81. The van der Waals surface area contributed by atoms with E-state index < -0.39 is 6.04 Å². The molecule has 0 aliphatic rings. The predicted octanol–water partition coefficient (Wildman–Crippen LogP) is 6.44. The highest BCUT2D eigenvalue weighted by Crippen LogP contribution is 2.17. The lowest BCUT2D eigenvalue weighted by Gasteiger charge is -2.30. The number of quaternary nitrogens is 1. The van der Waals surface area contributed by atoms with Gasteiger partial charge in [0.25, 0.3) is 0 Å². The number of carbonyl (C=O) groups excluding carboxylic acids is 2. The smallest absolute Gasteiger partial charge is 0.328 e. The molecule has 0 aliphatic heterocycles. The number of hydrogen-bond donors (Lipinski definition) is 1. The lowest BCUT2D eigenvalue weighted by Crippen LogP contribution is -2.50. The Hall–Kier alpha value is -1.10. The van der Waals surface area contributed by atoms with Crippen LogP contribution in [-0.4, -0.2) is 42.5 Å². The zero-order valence-corrected chi connectivity index (χ0v) is 22.5. The second-order valence-electron chi connectivity index (χ2n) is 9.55. The molecule has 0 aliphatic carbocycles. The van der Waals surface area contributed by atoms with Gasteiger partial charge in [0.1, 0.15) is 6.04 Å². The standard InChI is InChI=1S/C28H56N2O3/c1-4-7-9-11-13-15-17-21-25-30(26(22-19-20-24-29)28(32)33-6-3)27(31)23-18-16-14-12-10-8-5-2/h26H,4-25,29H2,1-3H3/p+1. The number of hydrogen-bond acceptors (Lipinski definition) is 3. The maximum atomic E-state index is 13.2. The third-order valence-corrected chi connectivity index (χ3v) is 6.48. The Morgan fingerprint density at radius 1 is 0.697 bits per heavy atom. The van der Waals surface area contributed by atoms with E-state index >= 15 is 0 Å². The highest BCUT2D eigenvalue weighted by molar-refractivity contribution is 5.84. The predicted molar refractivity (Wildman–Crippen MR) is 139 cm³/mol. The van der Waals surface area contributed by atoms with E-state index in [0.717, 1.165) is 45.1 Å². The first kappa shape index (κ1) is 31.9. The SMILES string of the molecule is CCCCCCCCCCN(C(=O)CCCCCCCCC)C(CCCC[NH3+])C(=O)OCC. The van der Waals surface area contributed by atoms with Gasteiger partial charge in [-0.25, -0.2) is 4.79 Å². The van der Waals surface area contributed by atoms with Crippen LogP contribution in [0.2, 0.25) is 0 Å². The number of unbranched alkanes of at least 4 members (excludes halogenated alkanes) is 14. The van der Waals surface area contributed by atoms with E-state index in [-0.39, 0.29) is 11.9 Å². The van der Waals surface area contributed by atoms with Gasteiger partial charge in [0.05, 0.1) is 13.2 Å². The largest absolute Gasteiger partial charge is 0.464 e. The molecule has 5 heteroatoms. The molecule has 0 spiro atoms. The maximum absolute atomic E-state index is 13.2. The molecule has 1 unspecified atom stereocenters. The van der Waals surface area contributed by atoms with Gasteiger partial charge in [-0.15, -0.1) is 0 Å². The molecule has 196 valence electrons. The minimum atomic E-state index is -0.432. The Morgan fingerprint density at radius 3 is 1.73 bits per heavy atom. The molecule has 1 atom stereocenters. The van der Waals surface area contributed by atoms with Crippen LogP contribution in [0.4, 0.5) is 0 Å². The van der Waals surface area contributed by atoms with Crippen LogP contribution < -0.4 is 5.73 Å². The van der Waals surface area contributed by atoms with E-state index in [1.165, 1.54) is 70.6 Å². The maximum Gasteiger partial charge on any atom is 0.328 e. The molecule has 5 nitrogen and oxygen atoms in total. The minimum Gasteiger partial charge on any atom is -0.464 e. The summed E-state index contributed by atoms with van der Waals surface area (Å²) in [5.41, 5.74) is 3.92. The van der Waals surface area contributed by atoms with Gasteiger partial charge in [-0.05, 0) is 39.0 Å². The van der Waals surface area contributed by atoms with Crippen molar-refractivity contribution < 1.29 is 20.1 Å². The summed E-state index contributed by atoms with van der Waals surface area (Å²) in [6.07, 6.45) is 21.3. The number of amides is 1. The zero-order chi connectivity index (χ0) is 24.6. The molecule has 0 heterocycles. The van der Waals surface area contributed by atoms with Gasteiger partial charge in [0.2, 0.25) is 5.91 Å². The zero-order valence-electron chi connectivity index (χ0n) is 22.5. The lowest BCUT2D eigenvalue weighted by atomic mass is 10.0. The van der Waals surface area contributed by atoms with Crippen LogP contribution in [0.1, 0.15) is 143 Å². The summed E-state index contributed by atoms with van der Waals surface area (Å²) >= 11 is 0. The summed E-state index contributed by atoms with van der Waals surface area (Å²) in [5, 5.41) is 0. The van der Waals surface area contributed by atoms with E-state index in [0.29, 0.717) is 26.0 Å². The molecule has 0 bridgehead atoms. The van der Waals surface area contributed by atoms with Gasteiger partial charge in [0, 0.05) is 13.0 Å². The summed E-state index contributed by atoms with van der Waals surface area (Å²) in [6.45, 7) is 8.22. The van der Waals surface area contributed by atoms with Crippen molar-refractivity contribution in [2.75, 3.05) is 19.7 Å². The monoisotopic (exact) mass is 469 g/mol. The van der Waals surface area contributed by atoms with Crippen LogP contribution >= 0.6 is 0 Å². The molecule has 33 heavy (non-hydrogen) atoms. The number of nitrogens with zero attached hydrogens (tertiary/aromatic N) is 1. The molecule has 3 N–H and O–H groups in total. The van der Waals surface area contributed by atoms with Crippen LogP contribution in [-0.2, 0) is 14.3 Å². The average molecular weight is 470 g/mol. The number of ether oxygens (including phenoxy) is 1. The van der Waals surface area contributed by atoms with Crippen molar-refractivity contribution >= 4 is 11.9 Å². The highest BCUT2D eigenvalue weighted by Gasteiger charge is 2.29. The van der Waals surface area contributed by atoms with Gasteiger partial charge in [-0.3, -0.25) is 4.79 Å². The molecule has 0 aromatic heterocycles. The van der Waals surface area contributed by atoms with Crippen molar-refractivity contribution in [1.82, 2.24) is 4.90 Å². The van der Waals surface area contributed by atoms with Gasteiger partial charge in [0.15, 0.2) is 0 Å². The van der Waals surface area contributed by atoms with Crippen molar-refractivity contribution in [3.05, 3.63) is 0 Å². The Kier molecular flexibility index (Phi) is 23.2. The fraction of sp³-hybridized carbons (Fsp3) is 0.929. The summed E-state index contributed by atoms with van der Waals surface area (Å²) in [5.74, 6) is -0.0896. The third kappa shape index (κ3) is 18.0. The van der Waals surface area contributed by atoms with Gasteiger partial charge in [-0.1, -0.05) is 97.3 Å². The molecule has 0 aromatic carbocycles. The van der Waals surface area contributed by atoms with Crippen LogP contribution in [0, 0.1) is 0 Å². The van der Waals surface area contributed by atoms with Crippen LogP contribution in [0.5, 0.6) is 0 Å². The normalized spacial score (nSPS) is 12.0. The fourth-order valence-corrected chi connectivity index (χ4v) is 4.40. The molecule has 0 rings (SSSR count). The molecular weight excluding hydrogens is 412 g/mol. The van der Waals surface area contributed by atoms with Crippen LogP contribution in [0.15, 0.2) is 0 Å². The van der Waals surface area contributed by atoms with Crippen LogP contribution in [0.25, 0.3) is 0 Å². The van der Waals surface area contributed by atoms with Gasteiger partial charge in [-0.2, -0.15) is 0 Å². The summed E-state index contributed by atoms with van der Waals surface area (Å²) in [4.78, 5) is 27.8. The van der Waals surface area contributed by atoms with Gasteiger partial charge < -0.3 is 15.4 Å². The second kappa shape index (κ2) is 24.0. The Morgan fingerprint density at radius 2 is 1.21 bits per heavy atom. The summed E-state index contributed by atoms with van der Waals surface area (Å²) < 4.78 is 5.38. The van der Waals surface area contributed by atoms with Crippen molar-refractivity contribution in [3.63, 3.8) is 0 Å². The summed E-state index contributed by atoms with van der Waals surface area (Å²) in [6, 6.07) is -0.432. The minimum absolute atomic E-state index is 0.138. The second-order valence-corrected chi connectivity index (χ2v) is 9.55. The number of rotatable bonds is 24. The fourth-order valence-electron chi connectivity index (χ4n) is 4.40. The molecule has 0 aromatic rings. The van der Waals surface area contributed by atoms with Crippen LogP contribution in [0.3, 0.4) is 0 Å². The molecule has 0 saturated heterocycles. The Balaban J connectivity index is 4.77. The molecule has 0 radical (unpaired) electrons. The topological polar surface area (TPSA) is 74.3 Å². The first-order chi connectivity index (χ1) is 16.1. The summed E-state index contributed by atoms with van der Waals surface area (Å²) in [7, 11) is 0. The van der Waals surface area contributed by atoms with E-state index in [9.17, 15) is 9.59 Å².